The quantitative estimate of drug-likeness (QED) is 0.419. The summed E-state index contributed by atoms with van der Waals surface area (Å²) in [6.45, 7) is 0. The van der Waals surface area contributed by atoms with E-state index in [-0.39, 0.29) is 0 Å². The van der Waals surface area contributed by atoms with E-state index in [0.717, 1.165) is 0 Å². The van der Waals surface area contributed by atoms with E-state index >= 15 is 0 Å². The van der Waals surface area contributed by atoms with E-state index < -0.39 is 39.5 Å². The molecule has 0 N–H and O–H groups in total. The topological polar surface area (TPSA) is 3.24 Å². The Labute approximate surface area is 157 Å². The van der Waals surface area contributed by atoms with Crippen molar-refractivity contribution in [3.63, 3.8) is 0 Å². The third kappa shape index (κ3) is 14.0. The first-order chi connectivity index (χ1) is 10.3. The molecular weight excluding hydrogens is 478 g/mol. The predicted octanol–water partition coefficient (Wildman–Crippen LogP) is 5.78. The summed E-state index contributed by atoms with van der Waals surface area (Å²) in [7, 11) is 6.26. The fourth-order valence-corrected chi connectivity index (χ4v) is 3.06. The van der Waals surface area contributed by atoms with Crippen molar-refractivity contribution in [3.8, 4) is 0 Å². The Morgan fingerprint density at radius 2 is 0.818 bits per heavy atom. The van der Waals surface area contributed by atoms with Gasteiger partial charge in [0, 0.05) is 0 Å². The van der Waals surface area contributed by atoms with Crippen LogP contribution in [0.25, 0.3) is 0 Å². The van der Waals surface area contributed by atoms with Crippen LogP contribution in [0, 0.1) is 0 Å². The molecule has 0 saturated heterocycles. The molecule has 0 aromatic carbocycles. The van der Waals surface area contributed by atoms with E-state index in [2.05, 4.69) is 34.4 Å². The number of hydrogen-bond donors (Lipinski definition) is 0. The summed E-state index contributed by atoms with van der Waals surface area (Å²) in [5, 5.41) is 0. The van der Waals surface area contributed by atoms with Crippen molar-refractivity contribution < 1.29 is 0 Å². The molecule has 2 aliphatic rings. The molecule has 0 atom stereocenters. The summed E-state index contributed by atoms with van der Waals surface area (Å²) >= 11 is -1.09. The molecule has 0 aliphatic heterocycles. The Morgan fingerprint density at radius 3 is 1.05 bits per heavy atom. The molecule has 128 valence electrons. The van der Waals surface area contributed by atoms with Crippen LogP contribution in [0.2, 0.25) is 29.6 Å². The van der Waals surface area contributed by atoms with Gasteiger partial charge in [0.25, 0.3) is 0 Å². The van der Waals surface area contributed by atoms with Gasteiger partial charge in [-0.25, -0.2) is 0 Å². The van der Waals surface area contributed by atoms with Crippen molar-refractivity contribution in [2.75, 3.05) is 0 Å². The van der Waals surface area contributed by atoms with Gasteiger partial charge in [-0.2, -0.15) is 0 Å². The monoisotopic (exact) mass is 521 g/mol. The molecule has 0 bridgehead atoms. The van der Waals surface area contributed by atoms with Crippen molar-refractivity contribution in [3.05, 3.63) is 0 Å². The maximum atomic E-state index is 6.26. The van der Waals surface area contributed by atoms with Crippen molar-refractivity contribution in [1.29, 1.82) is 0 Å². The van der Waals surface area contributed by atoms with Gasteiger partial charge in [-0.3, -0.25) is 0 Å². The minimum atomic E-state index is -0.543. The fraction of sp³-hybridized carbons (Fsp3) is 1.00. The van der Waals surface area contributed by atoms with E-state index in [9.17, 15) is 0 Å². The summed E-state index contributed by atoms with van der Waals surface area (Å²) in [6, 6.07) is 1.40. The van der Waals surface area contributed by atoms with Gasteiger partial charge in [0.05, 0.1) is 0 Å². The van der Waals surface area contributed by atoms with Crippen LogP contribution in [0.1, 0.15) is 64.2 Å². The number of rotatable bonds is 2. The van der Waals surface area contributed by atoms with Gasteiger partial charge in [-0.1, -0.05) is 38.5 Å². The molecule has 0 unspecified atom stereocenters. The van der Waals surface area contributed by atoms with Crippen LogP contribution in [-0.2, 0) is 0 Å². The molecule has 2 saturated carbocycles. The van der Waals surface area contributed by atoms with Crippen LogP contribution in [0.4, 0.5) is 0 Å². The van der Waals surface area contributed by atoms with Gasteiger partial charge >= 0.3 is 69.2 Å². The van der Waals surface area contributed by atoms with Gasteiger partial charge in [0.15, 0.2) is 7.98 Å². The van der Waals surface area contributed by atoms with Crippen molar-refractivity contribution in [2.24, 2.45) is 0 Å². The Balaban J connectivity index is 0.000000464. The summed E-state index contributed by atoms with van der Waals surface area (Å²) in [6.07, 6.45) is 13.8. The zero-order valence-corrected chi connectivity index (χ0v) is 22.0. The van der Waals surface area contributed by atoms with Crippen LogP contribution < -0.4 is 0 Å². The standard InChI is InChI=1S/C12H22BN.6CH3.2Sn/c13-14(11-7-3-1-4-8-11)12-9-5-2-6-10-12;;;;;;;;/h11-12H,1-10H2;6*1H3;;. The van der Waals surface area contributed by atoms with Gasteiger partial charge in [-0.05, 0) is 37.8 Å². The van der Waals surface area contributed by atoms with E-state index in [4.69, 9.17) is 7.98 Å². The third-order valence-electron chi connectivity index (χ3n) is 3.99. The average Bonchev–Trinajstić information content (AvgIpc) is 2.47. The van der Waals surface area contributed by atoms with E-state index in [1.54, 1.807) is 0 Å². The number of hydrogen-bond acceptors (Lipinski definition) is 1. The Morgan fingerprint density at radius 1 is 0.591 bits per heavy atom. The van der Waals surface area contributed by atoms with Gasteiger partial charge in [-0.15, -0.1) is 0 Å². The van der Waals surface area contributed by atoms with Crippen LogP contribution >= 0.6 is 0 Å². The SMILES string of the molecule is [B]N(C1CCCCC1)C1CCCCC1.[CH3][Sn]([CH3])[CH3].[CH3][Sn]([CH3])[CH3]. The molecule has 4 heteroatoms. The van der Waals surface area contributed by atoms with Crippen LogP contribution in [-0.4, -0.2) is 64.4 Å². The molecule has 0 aromatic heterocycles. The first-order valence-corrected chi connectivity index (χ1v) is 26.5. The van der Waals surface area contributed by atoms with E-state index in [1.165, 1.54) is 64.2 Å². The number of nitrogens with zero attached hydrogens (tertiary/aromatic N) is 1. The minimum absolute atomic E-state index is 0.543. The summed E-state index contributed by atoms with van der Waals surface area (Å²) in [5.41, 5.74) is 0. The van der Waals surface area contributed by atoms with Crippen LogP contribution in [0.5, 0.6) is 0 Å². The van der Waals surface area contributed by atoms with E-state index in [0.29, 0.717) is 12.1 Å². The van der Waals surface area contributed by atoms with Gasteiger partial charge < -0.3 is 4.81 Å². The molecule has 2 fully saturated rings. The Kier molecular flexibility index (Phi) is 16.0. The molecule has 0 heterocycles. The molecule has 4 radical (unpaired) electrons. The average molecular weight is 519 g/mol. The molecule has 0 aromatic rings. The predicted molar refractivity (Wildman–Crippen MR) is 108 cm³/mol. The summed E-state index contributed by atoms with van der Waals surface area (Å²) in [4.78, 5) is 16.4. The molecule has 2 aliphatic carbocycles. The zero-order chi connectivity index (χ0) is 17.0. The van der Waals surface area contributed by atoms with Gasteiger partial charge in [0.1, 0.15) is 0 Å². The van der Waals surface area contributed by atoms with E-state index in [1.807, 2.05) is 0 Å². The second-order valence-electron chi connectivity index (χ2n) is 8.03. The second-order valence-corrected chi connectivity index (χ2v) is 25.2. The fourth-order valence-electron chi connectivity index (χ4n) is 3.06. The summed E-state index contributed by atoms with van der Waals surface area (Å²) < 4.78 is 0. The van der Waals surface area contributed by atoms with Crippen molar-refractivity contribution in [1.82, 2.24) is 4.81 Å². The second kappa shape index (κ2) is 14.9. The van der Waals surface area contributed by atoms with Crippen LogP contribution in [0.3, 0.4) is 0 Å². The van der Waals surface area contributed by atoms with Crippen LogP contribution in [0.15, 0.2) is 0 Å². The Bertz CT molecular complexity index is 208. The van der Waals surface area contributed by atoms with Crippen molar-refractivity contribution >= 4 is 47.5 Å². The normalized spacial score (nSPS) is 20.4. The molecule has 0 spiro atoms. The molecule has 1 nitrogen and oxygen atoms in total. The first kappa shape index (κ1) is 23.6. The zero-order valence-electron chi connectivity index (χ0n) is 16.3. The maximum absolute atomic E-state index is 6.26. The Hall–Kier alpha value is 1.62. The third-order valence-corrected chi connectivity index (χ3v) is 3.99. The molecular formula is C18H40BNSn2. The molecule has 2 rings (SSSR count). The molecule has 22 heavy (non-hydrogen) atoms. The molecule has 0 amide bonds. The van der Waals surface area contributed by atoms with Crippen molar-refractivity contribution in [2.45, 2.75) is 106 Å². The first-order valence-electron chi connectivity index (χ1n) is 9.41. The van der Waals surface area contributed by atoms with Gasteiger partial charge in [0.2, 0.25) is 0 Å². The summed E-state index contributed by atoms with van der Waals surface area (Å²) in [5.74, 6) is 0.